The van der Waals surface area contributed by atoms with Gasteiger partial charge >= 0.3 is 6.18 Å². The zero-order valence-electron chi connectivity index (χ0n) is 12.4. The minimum absolute atomic E-state index is 0.120. The predicted octanol–water partition coefficient (Wildman–Crippen LogP) is 4.05. The number of hydrogen-bond donors (Lipinski definition) is 1. The molecule has 23 heavy (non-hydrogen) atoms. The van der Waals surface area contributed by atoms with Crippen LogP contribution in [0.5, 0.6) is 0 Å². The zero-order valence-corrected chi connectivity index (χ0v) is 12.4. The minimum atomic E-state index is -4.42. The molecule has 0 saturated heterocycles. The van der Waals surface area contributed by atoms with Crippen molar-refractivity contribution in [1.29, 1.82) is 0 Å². The van der Waals surface area contributed by atoms with Crippen LogP contribution in [0.15, 0.2) is 59.7 Å². The Bertz CT molecular complexity index is 692. The molecule has 2 aromatic carbocycles. The second-order valence-electron chi connectivity index (χ2n) is 5.03. The average molecular weight is 320 g/mol. The molecule has 0 aromatic heterocycles. The van der Waals surface area contributed by atoms with Gasteiger partial charge in [-0.2, -0.15) is 18.3 Å². The van der Waals surface area contributed by atoms with Crippen molar-refractivity contribution in [3.63, 3.8) is 0 Å². The number of halogens is 3. The van der Waals surface area contributed by atoms with Crippen molar-refractivity contribution in [2.24, 2.45) is 5.10 Å². The number of nitrogens with one attached hydrogen (secondary N) is 1. The summed E-state index contributed by atoms with van der Waals surface area (Å²) in [5, 5.41) is 3.96. The molecule has 0 aliphatic heterocycles. The smallest absolute Gasteiger partial charge is 0.267 e. The van der Waals surface area contributed by atoms with E-state index in [-0.39, 0.29) is 5.56 Å². The van der Waals surface area contributed by atoms with Gasteiger partial charge in [-0.15, -0.1) is 0 Å². The third kappa shape index (κ3) is 4.95. The van der Waals surface area contributed by atoms with E-state index in [1.165, 1.54) is 0 Å². The van der Waals surface area contributed by atoms with Crippen LogP contribution in [0.1, 0.15) is 28.4 Å². The largest absolute Gasteiger partial charge is 0.416 e. The van der Waals surface area contributed by atoms with Crippen LogP contribution < -0.4 is 5.43 Å². The van der Waals surface area contributed by atoms with Gasteiger partial charge in [0.15, 0.2) is 0 Å². The van der Waals surface area contributed by atoms with Crippen molar-refractivity contribution in [3.8, 4) is 0 Å². The minimum Gasteiger partial charge on any atom is -0.267 e. The first-order chi connectivity index (χ1) is 10.9. The molecule has 0 saturated carbocycles. The summed E-state index contributed by atoms with van der Waals surface area (Å²) in [4.78, 5) is 11.9. The second kappa shape index (κ2) is 7.09. The van der Waals surface area contributed by atoms with Gasteiger partial charge in [0, 0.05) is 17.7 Å². The molecule has 120 valence electrons. The first-order valence-corrected chi connectivity index (χ1v) is 6.91. The van der Waals surface area contributed by atoms with Gasteiger partial charge in [0.25, 0.3) is 5.91 Å². The topological polar surface area (TPSA) is 41.5 Å². The van der Waals surface area contributed by atoms with Crippen molar-refractivity contribution in [2.75, 3.05) is 0 Å². The van der Waals surface area contributed by atoms with Crippen LogP contribution in [0.25, 0.3) is 0 Å². The number of amides is 1. The highest BCUT2D eigenvalue weighted by Crippen LogP contribution is 2.29. The summed E-state index contributed by atoms with van der Waals surface area (Å²) < 4.78 is 37.4. The van der Waals surface area contributed by atoms with Crippen LogP contribution in [0.2, 0.25) is 0 Å². The molecule has 6 heteroatoms. The molecule has 1 amide bonds. The van der Waals surface area contributed by atoms with Crippen molar-refractivity contribution in [2.45, 2.75) is 19.5 Å². The Morgan fingerprint density at radius 2 is 1.65 bits per heavy atom. The first kappa shape index (κ1) is 16.7. The van der Waals surface area contributed by atoms with Gasteiger partial charge < -0.3 is 0 Å². The van der Waals surface area contributed by atoms with Gasteiger partial charge in [0.2, 0.25) is 0 Å². The zero-order chi connectivity index (χ0) is 16.9. The molecule has 1 N–H and O–H groups in total. The fraction of sp³-hybridized carbons (Fsp3) is 0.176. The van der Waals surface area contributed by atoms with Crippen molar-refractivity contribution < 1.29 is 18.0 Å². The number of hydrogen-bond acceptors (Lipinski definition) is 2. The van der Waals surface area contributed by atoms with Crippen molar-refractivity contribution >= 4 is 11.6 Å². The third-order valence-electron chi connectivity index (χ3n) is 3.13. The van der Waals surface area contributed by atoms with E-state index >= 15 is 0 Å². The molecule has 0 unspecified atom stereocenters. The normalized spacial score (nSPS) is 12.1. The van der Waals surface area contributed by atoms with E-state index in [4.69, 9.17) is 0 Å². The molecule has 0 bridgehead atoms. The Morgan fingerprint density at radius 1 is 1.04 bits per heavy atom. The highest BCUT2D eigenvalue weighted by molar-refractivity contribution is 5.95. The average Bonchev–Trinajstić information content (AvgIpc) is 2.53. The molecule has 0 aliphatic carbocycles. The van der Waals surface area contributed by atoms with Gasteiger partial charge in [-0.05, 0) is 36.8 Å². The first-order valence-electron chi connectivity index (χ1n) is 6.91. The Hall–Kier alpha value is -2.63. The number of rotatable bonds is 4. The van der Waals surface area contributed by atoms with Gasteiger partial charge in [-0.25, -0.2) is 5.43 Å². The maximum absolute atomic E-state index is 12.5. The number of hydrazone groups is 1. The second-order valence-corrected chi connectivity index (χ2v) is 5.03. The van der Waals surface area contributed by atoms with E-state index in [1.807, 2.05) is 30.3 Å². The Kier molecular flexibility index (Phi) is 5.16. The summed E-state index contributed by atoms with van der Waals surface area (Å²) in [6, 6.07) is 13.6. The summed E-state index contributed by atoms with van der Waals surface area (Å²) in [6.07, 6.45) is -3.84. The number of alkyl halides is 3. The number of nitrogens with zero attached hydrogens (tertiary/aromatic N) is 1. The van der Waals surface area contributed by atoms with Gasteiger partial charge in [0.1, 0.15) is 0 Å². The maximum atomic E-state index is 12.5. The quantitative estimate of drug-likeness (QED) is 0.670. The van der Waals surface area contributed by atoms with Crippen LogP contribution in [0.4, 0.5) is 13.2 Å². The molecule has 0 radical (unpaired) electrons. The molecule has 0 aliphatic rings. The molecular formula is C17H15F3N2O. The van der Waals surface area contributed by atoms with Crippen LogP contribution in [0.3, 0.4) is 0 Å². The fourth-order valence-corrected chi connectivity index (χ4v) is 1.95. The Balaban J connectivity index is 1.97. The molecule has 2 rings (SSSR count). The lowest BCUT2D eigenvalue weighted by Crippen LogP contribution is -2.19. The van der Waals surface area contributed by atoms with Crippen LogP contribution in [-0.4, -0.2) is 11.6 Å². The number of carbonyl (C=O) groups excluding carboxylic acids is 1. The molecule has 0 fully saturated rings. The summed E-state index contributed by atoms with van der Waals surface area (Å²) in [5.41, 5.74) is 3.42. The van der Waals surface area contributed by atoms with Crippen LogP contribution in [0, 0.1) is 0 Å². The van der Waals surface area contributed by atoms with Crippen molar-refractivity contribution in [1.82, 2.24) is 5.43 Å². The van der Waals surface area contributed by atoms with Crippen LogP contribution in [-0.2, 0) is 12.6 Å². The molecule has 3 nitrogen and oxygen atoms in total. The van der Waals surface area contributed by atoms with E-state index < -0.39 is 17.6 Å². The van der Waals surface area contributed by atoms with Gasteiger partial charge in [0.05, 0.1) is 5.56 Å². The van der Waals surface area contributed by atoms with E-state index in [0.29, 0.717) is 12.1 Å². The Labute approximate surface area is 131 Å². The monoisotopic (exact) mass is 320 g/mol. The fourth-order valence-electron chi connectivity index (χ4n) is 1.95. The summed E-state index contributed by atoms with van der Waals surface area (Å²) >= 11 is 0. The summed E-state index contributed by atoms with van der Waals surface area (Å²) in [6.45, 7) is 1.76. The summed E-state index contributed by atoms with van der Waals surface area (Å²) in [7, 11) is 0. The van der Waals surface area contributed by atoms with Crippen molar-refractivity contribution in [3.05, 3.63) is 71.3 Å². The van der Waals surface area contributed by atoms with Gasteiger partial charge in [-0.3, -0.25) is 4.79 Å². The molecule has 2 aromatic rings. The number of benzene rings is 2. The highest BCUT2D eigenvalue weighted by Gasteiger charge is 2.30. The van der Waals surface area contributed by atoms with E-state index in [0.717, 1.165) is 29.8 Å². The van der Waals surface area contributed by atoms with E-state index in [2.05, 4.69) is 10.5 Å². The lowest BCUT2D eigenvalue weighted by atomic mass is 10.1. The number of carbonyl (C=O) groups is 1. The van der Waals surface area contributed by atoms with E-state index in [1.54, 1.807) is 6.92 Å². The standard InChI is InChI=1S/C17H15F3N2O/c1-12(11-13-5-3-2-4-6-13)21-22-16(23)14-7-9-15(10-8-14)17(18,19)20/h2-10H,11H2,1H3,(H,22,23)/b21-12+. The van der Waals surface area contributed by atoms with Crippen LogP contribution >= 0.6 is 0 Å². The highest BCUT2D eigenvalue weighted by atomic mass is 19.4. The predicted molar refractivity (Wildman–Crippen MR) is 82.2 cm³/mol. The molecule has 0 atom stereocenters. The van der Waals surface area contributed by atoms with E-state index in [9.17, 15) is 18.0 Å². The van der Waals surface area contributed by atoms with Gasteiger partial charge in [-0.1, -0.05) is 30.3 Å². The SMILES string of the molecule is C/C(Cc1ccccc1)=N\NC(=O)c1ccc(C(F)(F)F)cc1. The lowest BCUT2D eigenvalue weighted by molar-refractivity contribution is -0.137. The summed E-state index contributed by atoms with van der Waals surface area (Å²) in [5.74, 6) is -0.550. The molecule has 0 heterocycles. The Morgan fingerprint density at radius 3 is 2.22 bits per heavy atom. The third-order valence-corrected chi connectivity index (χ3v) is 3.13. The molecular weight excluding hydrogens is 305 g/mol. The lowest BCUT2D eigenvalue weighted by Gasteiger charge is -2.07. The maximum Gasteiger partial charge on any atom is 0.416 e. The molecule has 0 spiro atoms.